The van der Waals surface area contributed by atoms with Crippen molar-refractivity contribution in [2.45, 2.75) is 95.4 Å². The summed E-state index contributed by atoms with van der Waals surface area (Å²) in [5.74, 6) is 0.0551. The fourth-order valence-corrected chi connectivity index (χ4v) is 2.99. The van der Waals surface area contributed by atoms with E-state index in [0.717, 1.165) is 25.7 Å². The van der Waals surface area contributed by atoms with Gasteiger partial charge in [0.2, 0.25) is 5.91 Å². The van der Waals surface area contributed by atoms with Crippen LogP contribution >= 0.6 is 11.6 Å². The second-order valence-electron chi connectivity index (χ2n) is 5.87. The number of carbonyl (C=O) groups excluding carboxylic acids is 1. The van der Waals surface area contributed by atoms with E-state index in [0.29, 0.717) is 6.04 Å². The van der Waals surface area contributed by atoms with Gasteiger partial charge in [0.05, 0.1) is 0 Å². The van der Waals surface area contributed by atoms with Crippen LogP contribution in [0.5, 0.6) is 0 Å². The van der Waals surface area contributed by atoms with Crippen molar-refractivity contribution in [3.05, 3.63) is 0 Å². The lowest BCUT2D eigenvalue weighted by atomic mass is 10.1. The molecule has 1 saturated carbocycles. The molecule has 0 aromatic heterocycles. The van der Waals surface area contributed by atoms with Gasteiger partial charge < -0.3 is 5.32 Å². The zero-order chi connectivity index (χ0) is 13.9. The molecule has 0 aliphatic heterocycles. The fourth-order valence-electron chi connectivity index (χ4n) is 2.77. The highest BCUT2D eigenvalue weighted by molar-refractivity contribution is 6.30. The van der Waals surface area contributed by atoms with E-state index < -0.39 is 0 Å². The molecule has 2 nitrogen and oxygen atoms in total. The molecule has 19 heavy (non-hydrogen) atoms. The Hall–Kier alpha value is -0.240. The summed E-state index contributed by atoms with van der Waals surface area (Å²) in [6, 6.07) is 0.391. The average molecular weight is 288 g/mol. The van der Waals surface area contributed by atoms with E-state index in [2.05, 4.69) is 12.2 Å². The van der Waals surface area contributed by atoms with Crippen LogP contribution in [-0.4, -0.2) is 17.3 Å². The molecule has 0 spiro atoms. The molecule has 1 unspecified atom stereocenters. The largest absolute Gasteiger partial charge is 0.352 e. The van der Waals surface area contributed by atoms with E-state index in [1.165, 1.54) is 51.4 Å². The molecule has 0 radical (unpaired) electrons. The number of unbranched alkanes of at least 4 members (excludes halogenated alkanes) is 6. The molecule has 1 atom stereocenters. The summed E-state index contributed by atoms with van der Waals surface area (Å²) >= 11 is 6.16. The van der Waals surface area contributed by atoms with Crippen LogP contribution in [0.25, 0.3) is 0 Å². The molecular formula is C16H30ClNO. The highest BCUT2D eigenvalue weighted by atomic mass is 35.5. The van der Waals surface area contributed by atoms with Crippen LogP contribution in [0, 0.1) is 0 Å². The molecule has 112 valence electrons. The molecule has 0 heterocycles. The predicted molar refractivity (Wildman–Crippen MR) is 82.6 cm³/mol. The number of hydrogen-bond acceptors (Lipinski definition) is 1. The highest BCUT2D eigenvalue weighted by Gasteiger charge is 2.21. The second kappa shape index (κ2) is 10.5. The number of amides is 1. The lowest BCUT2D eigenvalue weighted by molar-refractivity contribution is -0.121. The van der Waals surface area contributed by atoms with E-state index in [1.54, 1.807) is 0 Å². The number of hydrogen-bond donors (Lipinski definition) is 1. The lowest BCUT2D eigenvalue weighted by Gasteiger charge is -2.15. The maximum atomic E-state index is 11.9. The van der Waals surface area contributed by atoms with E-state index in [1.807, 2.05) is 0 Å². The summed E-state index contributed by atoms with van der Waals surface area (Å²) in [4.78, 5) is 11.9. The molecule has 1 rings (SSSR count). The topological polar surface area (TPSA) is 29.1 Å². The summed E-state index contributed by atoms with van der Waals surface area (Å²) in [5, 5.41) is 2.75. The minimum Gasteiger partial charge on any atom is -0.352 e. The molecule has 1 fully saturated rings. The van der Waals surface area contributed by atoms with E-state index in [9.17, 15) is 4.79 Å². The van der Waals surface area contributed by atoms with Crippen molar-refractivity contribution < 1.29 is 4.79 Å². The van der Waals surface area contributed by atoms with Gasteiger partial charge in [0.1, 0.15) is 5.38 Å². The van der Waals surface area contributed by atoms with Gasteiger partial charge in [-0.2, -0.15) is 0 Å². The number of carbonyl (C=O) groups is 1. The van der Waals surface area contributed by atoms with Crippen molar-refractivity contribution in [1.82, 2.24) is 5.32 Å². The maximum Gasteiger partial charge on any atom is 0.238 e. The molecule has 1 N–H and O–H groups in total. The Labute approximate surface area is 123 Å². The van der Waals surface area contributed by atoms with Crippen LogP contribution in [0.15, 0.2) is 0 Å². The molecule has 0 aromatic carbocycles. The van der Waals surface area contributed by atoms with Gasteiger partial charge in [-0.15, -0.1) is 11.6 Å². The van der Waals surface area contributed by atoms with E-state index in [-0.39, 0.29) is 11.3 Å². The van der Waals surface area contributed by atoms with Crippen molar-refractivity contribution in [3.8, 4) is 0 Å². The predicted octanol–water partition coefficient (Wildman–Crippen LogP) is 4.79. The minimum atomic E-state index is -0.323. The van der Waals surface area contributed by atoms with Crippen LogP contribution in [0.4, 0.5) is 0 Å². The minimum absolute atomic E-state index is 0.0551. The lowest BCUT2D eigenvalue weighted by Crippen LogP contribution is -2.37. The SMILES string of the molecule is CCCCCCCCCC(Cl)C(=O)NC1CCCC1. The van der Waals surface area contributed by atoms with Crippen LogP contribution in [0.1, 0.15) is 84.0 Å². The van der Waals surface area contributed by atoms with Crippen molar-refractivity contribution >= 4 is 17.5 Å². The van der Waals surface area contributed by atoms with Gasteiger partial charge in [0.25, 0.3) is 0 Å². The van der Waals surface area contributed by atoms with Crippen molar-refractivity contribution in [2.75, 3.05) is 0 Å². The monoisotopic (exact) mass is 287 g/mol. The Morgan fingerprint density at radius 1 is 1.11 bits per heavy atom. The molecule has 1 aliphatic rings. The van der Waals surface area contributed by atoms with Crippen LogP contribution < -0.4 is 5.32 Å². The Morgan fingerprint density at radius 3 is 2.32 bits per heavy atom. The van der Waals surface area contributed by atoms with Gasteiger partial charge in [0.15, 0.2) is 0 Å². The molecule has 0 bridgehead atoms. The van der Waals surface area contributed by atoms with Gasteiger partial charge in [-0.25, -0.2) is 0 Å². The number of halogens is 1. The van der Waals surface area contributed by atoms with Gasteiger partial charge in [0, 0.05) is 6.04 Å². The van der Waals surface area contributed by atoms with Crippen molar-refractivity contribution in [2.24, 2.45) is 0 Å². The normalized spacial score (nSPS) is 17.6. The van der Waals surface area contributed by atoms with Crippen molar-refractivity contribution in [1.29, 1.82) is 0 Å². The zero-order valence-corrected chi connectivity index (χ0v) is 13.2. The van der Waals surface area contributed by atoms with Crippen LogP contribution in [0.3, 0.4) is 0 Å². The van der Waals surface area contributed by atoms with Gasteiger partial charge >= 0.3 is 0 Å². The first-order valence-corrected chi connectivity index (χ1v) is 8.62. The molecule has 0 aromatic rings. The molecular weight excluding hydrogens is 258 g/mol. The molecule has 1 amide bonds. The second-order valence-corrected chi connectivity index (χ2v) is 6.39. The third-order valence-corrected chi connectivity index (χ3v) is 4.46. The molecule has 3 heteroatoms. The standard InChI is InChI=1S/C16H30ClNO/c1-2-3-4-5-6-7-8-13-15(17)16(19)18-14-11-9-10-12-14/h14-15H,2-13H2,1H3,(H,18,19). The maximum absolute atomic E-state index is 11.9. The smallest absolute Gasteiger partial charge is 0.238 e. The van der Waals surface area contributed by atoms with Gasteiger partial charge in [-0.1, -0.05) is 64.7 Å². The molecule has 1 aliphatic carbocycles. The van der Waals surface area contributed by atoms with Gasteiger partial charge in [-0.3, -0.25) is 4.79 Å². The number of nitrogens with one attached hydrogen (secondary N) is 1. The summed E-state index contributed by atoms with van der Waals surface area (Å²) in [5.41, 5.74) is 0. The highest BCUT2D eigenvalue weighted by Crippen LogP contribution is 2.19. The third kappa shape index (κ3) is 7.81. The summed E-state index contributed by atoms with van der Waals surface area (Å²) < 4.78 is 0. The fraction of sp³-hybridized carbons (Fsp3) is 0.938. The van der Waals surface area contributed by atoms with Crippen molar-refractivity contribution in [3.63, 3.8) is 0 Å². The van der Waals surface area contributed by atoms with Crippen LogP contribution in [-0.2, 0) is 4.79 Å². The first kappa shape index (κ1) is 16.8. The average Bonchev–Trinajstić information content (AvgIpc) is 2.90. The van der Waals surface area contributed by atoms with E-state index >= 15 is 0 Å². The Morgan fingerprint density at radius 2 is 1.68 bits per heavy atom. The summed E-state index contributed by atoms with van der Waals surface area (Å²) in [6.45, 7) is 2.24. The van der Waals surface area contributed by atoms with Crippen LogP contribution in [0.2, 0.25) is 0 Å². The first-order chi connectivity index (χ1) is 9.24. The summed E-state index contributed by atoms with van der Waals surface area (Å²) in [6.07, 6.45) is 14.5. The zero-order valence-electron chi connectivity index (χ0n) is 12.4. The Balaban J connectivity index is 1.97. The Bertz CT molecular complexity index is 239. The Kier molecular flexibility index (Phi) is 9.32. The van der Waals surface area contributed by atoms with Gasteiger partial charge in [-0.05, 0) is 19.3 Å². The first-order valence-electron chi connectivity index (χ1n) is 8.18. The number of rotatable bonds is 10. The summed E-state index contributed by atoms with van der Waals surface area (Å²) in [7, 11) is 0. The molecule has 0 saturated heterocycles. The van der Waals surface area contributed by atoms with E-state index in [4.69, 9.17) is 11.6 Å². The number of alkyl halides is 1. The third-order valence-electron chi connectivity index (χ3n) is 4.05. The quantitative estimate of drug-likeness (QED) is 0.454.